The maximum atomic E-state index is 11.1. The summed E-state index contributed by atoms with van der Waals surface area (Å²) in [6, 6.07) is 0.389. The molecule has 0 radical (unpaired) electrons. The molecule has 1 heterocycles. The summed E-state index contributed by atoms with van der Waals surface area (Å²) in [4.78, 5) is 7.18. The van der Waals surface area contributed by atoms with E-state index in [2.05, 4.69) is 29.4 Å². The van der Waals surface area contributed by atoms with E-state index in [9.17, 15) is 8.42 Å². The molecule has 154 valence electrons. The van der Waals surface area contributed by atoms with Crippen LogP contribution in [-0.4, -0.2) is 96.5 Å². The number of aliphatic imine (C=N–C) groups is 1. The van der Waals surface area contributed by atoms with E-state index in [1.165, 1.54) is 6.26 Å². The van der Waals surface area contributed by atoms with Crippen LogP contribution in [0, 0.1) is 5.92 Å². The van der Waals surface area contributed by atoms with E-state index >= 15 is 0 Å². The predicted octanol–water partition coefficient (Wildman–Crippen LogP) is -0.0405. The molecule has 1 aliphatic heterocycles. The zero-order valence-corrected chi connectivity index (χ0v) is 17.5. The molecule has 1 saturated heterocycles. The zero-order chi connectivity index (χ0) is 19.4. The SMILES string of the molecule is CCNC(=NCC(C(C)C)N1CCOCC1)NCCOCCS(C)(=O)=O. The molecular formula is C17H36N4O4S. The van der Waals surface area contributed by atoms with Gasteiger partial charge in [0.25, 0.3) is 0 Å². The number of nitrogens with zero attached hydrogens (tertiary/aromatic N) is 2. The minimum absolute atomic E-state index is 0.0524. The van der Waals surface area contributed by atoms with Gasteiger partial charge in [-0.05, 0) is 12.8 Å². The van der Waals surface area contributed by atoms with Crippen LogP contribution in [0.1, 0.15) is 20.8 Å². The average Bonchev–Trinajstić information content (AvgIpc) is 2.57. The van der Waals surface area contributed by atoms with Gasteiger partial charge in [0.05, 0.1) is 38.7 Å². The lowest BCUT2D eigenvalue weighted by Gasteiger charge is -2.36. The second-order valence-electron chi connectivity index (χ2n) is 6.85. The van der Waals surface area contributed by atoms with E-state index in [0.717, 1.165) is 45.4 Å². The minimum Gasteiger partial charge on any atom is -0.379 e. The first-order chi connectivity index (χ1) is 12.3. The van der Waals surface area contributed by atoms with Gasteiger partial charge in [-0.15, -0.1) is 0 Å². The Kier molecular flexibility index (Phi) is 11.1. The monoisotopic (exact) mass is 392 g/mol. The first-order valence-electron chi connectivity index (χ1n) is 9.43. The van der Waals surface area contributed by atoms with Crippen LogP contribution in [0.4, 0.5) is 0 Å². The highest BCUT2D eigenvalue weighted by Gasteiger charge is 2.23. The number of nitrogens with one attached hydrogen (secondary N) is 2. The first kappa shape index (κ1) is 23.1. The van der Waals surface area contributed by atoms with Gasteiger partial charge < -0.3 is 20.1 Å². The topological polar surface area (TPSA) is 92.3 Å². The zero-order valence-electron chi connectivity index (χ0n) is 16.7. The van der Waals surface area contributed by atoms with Crippen molar-refractivity contribution in [2.24, 2.45) is 10.9 Å². The Morgan fingerprint density at radius 3 is 2.50 bits per heavy atom. The van der Waals surface area contributed by atoms with Crippen molar-refractivity contribution in [3.8, 4) is 0 Å². The number of rotatable bonds is 11. The van der Waals surface area contributed by atoms with Gasteiger partial charge in [-0.1, -0.05) is 13.8 Å². The molecule has 0 aromatic rings. The quantitative estimate of drug-likeness (QED) is 0.290. The van der Waals surface area contributed by atoms with Gasteiger partial charge in [0.2, 0.25) is 0 Å². The fourth-order valence-electron chi connectivity index (χ4n) is 2.74. The van der Waals surface area contributed by atoms with Crippen LogP contribution in [-0.2, 0) is 19.3 Å². The van der Waals surface area contributed by atoms with Crippen molar-refractivity contribution in [3.63, 3.8) is 0 Å². The van der Waals surface area contributed by atoms with Gasteiger partial charge in [0.1, 0.15) is 9.84 Å². The molecule has 8 nitrogen and oxygen atoms in total. The number of guanidine groups is 1. The van der Waals surface area contributed by atoms with Crippen LogP contribution in [0.5, 0.6) is 0 Å². The summed E-state index contributed by atoms with van der Waals surface area (Å²) in [5, 5.41) is 6.48. The second-order valence-corrected chi connectivity index (χ2v) is 9.11. The van der Waals surface area contributed by atoms with Crippen molar-refractivity contribution in [3.05, 3.63) is 0 Å². The highest BCUT2D eigenvalue weighted by Crippen LogP contribution is 2.13. The van der Waals surface area contributed by atoms with Gasteiger partial charge >= 0.3 is 0 Å². The lowest BCUT2D eigenvalue weighted by atomic mass is 10.0. The van der Waals surface area contributed by atoms with Gasteiger partial charge in [-0.3, -0.25) is 9.89 Å². The van der Waals surface area contributed by atoms with E-state index in [1.807, 2.05) is 6.92 Å². The van der Waals surface area contributed by atoms with Crippen LogP contribution in [0.15, 0.2) is 4.99 Å². The molecule has 0 aromatic heterocycles. The third-order valence-corrected chi connectivity index (χ3v) is 5.11. The number of morpholine rings is 1. The molecule has 1 atom stereocenters. The summed E-state index contributed by atoms with van der Waals surface area (Å²) in [7, 11) is -2.97. The van der Waals surface area contributed by atoms with Crippen molar-refractivity contribution in [2.75, 3.05) is 71.2 Å². The Balaban J connectivity index is 2.42. The standard InChI is InChI=1S/C17H36N4O4S/c1-5-18-17(19-6-9-24-12-13-26(4,22)23)20-14-16(15(2)3)21-7-10-25-11-8-21/h15-16H,5-14H2,1-4H3,(H2,18,19,20). The number of hydrogen-bond donors (Lipinski definition) is 2. The van der Waals surface area contributed by atoms with E-state index in [1.54, 1.807) is 0 Å². The fraction of sp³-hybridized carbons (Fsp3) is 0.941. The predicted molar refractivity (Wildman–Crippen MR) is 106 cm³/mol. The average molecular weight is 393 g/mol. The van der Waals surface area contributed by atoms with E-state index < -0.39 is 9.84 Å². The van der Waals surface area contributed by atoms with E-state index in [-0.39, 0.29) is 12.4 Å². The molecule has 1 unspecified atom stereocenters. The minimum atomic E-state index is -2.97. The van der Waals surface area contributed by atoms with Gasteiger partial charge in [0.15, 0.2) is 5.96 Å². The maximum absolute atomic E-state index is 11.1. The summed E-state index contributed by atoms with van der Waals surface area (Å²) in [5.74, 6) is 1.33. The third kappa shape index (κ3) is 10.3. The Hall–Kier alpha value is -0.900. The van der Waals surface area contributed by atoms with Gasteiger partial charge in [-0.25, -0.2) is 8.42 Å². The summed E-state index contributed by atoms with van der Waals surface area (Å²) in [6.07, 6.45) is 1.21. The van der Waals surface area contributed by atoms with Crippen molar-refractivity contribution in [2.45, 2.75) is 26.8 Å². The summed E-state index contributed by atoms with van der Waals surface area (Å²) >= 11 is 0. The van der Waals surface area contributed by atoms with Gasteiger partial charge in [0, 0.05) is 38.5 Å². The summed E-state index contributed by atoms with van der Waals surface area (Å²) in [6.45, 7) is 12.7. The smallest absolute Gasteiger partial charge is 0.191 e. The van der Waals surface area contributed by atoms with Crippen molar-refractivity contribution >= 4 is 15.8 Å². The molecule has 1 rings (SSSR count). The molecule has 1 aliphatic rings. The van der Waals surface area contributed by atoms with Crippen LogP contribution in [0.2, 0.25) is 0 Å². The molecule has 9 heteroatoms. The van der Waals surface area contributed by atoms with Crippen LogP contribution >= 0.6 is 0 Å². The fourth-order valence-corrected chi connectivity index (χ4v) is 3.16. The summed E-state index contributed by atoms with van der Waals surface area (Å²) in [5.41, 5.74) is 0. The Morgan fingerprint density at radius 1 is 1.23 bits per heavy atom. The van der Waals surface area contributed by atoms with Crippen LogP contribution in [0.3, 0.4) is 0 Å². The Morgan fingerprint density at radius 2 is 1.92 bits per heavy atom. The third-order valence-electron chi connectivity index (χ3n) is 4.20. The Labute approximate surface area is 158 Å². The summed E-state index contributed by atoms with van der Waals surface area (Å²) < 4.78 is 32.9. The largest absolute Gasteiger partial charge is 0.379 e. The number of hydrogen-bond acceptors (Lipinski definition) is 6. The highest BCUT2D eigenvalue weighted by atomic mass is 32.2. The molecule has 26 heavy (non-hydrogen) atoms. The lowest BCUT2D eigenvalue weighted by molar-refractivity contribution is 0.00867. The molecule has 0 aromatic carbocycles. The van der Waals surface area contributed by atoms with Crippen LogP contribution < -0.4 is 10.6 Å². The second kappa shape index (κ2) is 12.5. The molecule has 0 amide bonds. The molecule has 0 aliphatic carbocycles. The molecule has 0 bridgehead atoms. The van der Waals surface area contributed by atoms with Crippen molar-refractivity contribution in [1.29, 1.82) is 0 Å². The number of ether oxygens (including phenoxy) is 2. The van der Waals surface area contributed by atoms with Gasteiger partial charge in [-0.2, -0.15) is 0 Å². The van der Waals surface area contributed by atoms with E-state index in [0.29, 0.717) is 25.1 Å². The normalized spacial score (nSPS) is 18.1. The molecule has 0 saturated carbocycles. The lowest BCUT2D eigenvalue weighted by Crippen LogP contribution is -2.48. The number of sulfone groups is 1. The van der Waals surface area contributed by atoms with Crippen LogP contribution in [0.25, 0.3) is 0 Å². The Bertz CT molecular complexity index is 505. The molecular weight excluding hydrogens is 356 g/mol. The van der Waals surface area contributed by atoms with Crippen molar-refractivity contribution in [1.82, 2.24) is 15.5 Å². The van der Waals surface area contributed by atoms with E-state index in [4.69, 9.17) is 14.5 Å². The highest BCUT2D eigenvalue weighted by molar-refractivity contribution is 7.90. The molecule has 2 N–H and O–H groups in total. The molecule has 1 fully saturated rings. The van der Waals surface area contributed by atoms with Crippen molar-refractivity contribution < 1.29 is 17.9 Å². The first-order valence-corrected chi connectivity index (χ1v) is 11.5. The maximum Gasteiger partial charge on any atom is 0.191 e. The molecule has 0 spiro atoms.